The molecule has 2 aliphatic heterocycles. The monoisotopic (exact) mass is 469 g/mol. The topological polar surface area (TPSA) is 80.7 Å². The van der Waals surface area contributed by atoms with Crippen LogP contribution in [0.15, 0.2) is 76.8 Å². The van der Waals surface area contributed by atoms with E-state index in [1.165, 1.54) is 4.31 Å². The van der Waals surface area contributed by atoms with Crippen LogP contribution in [0.1, 0.15) is 5.56 Å². The van der Waals surface area contributed by atoms with Gasteiger partial charge in [0.15, 0.2) is 5.84 Å². The summed E-state index contributed by atoms with van der Waals surface area (Å²) >= 11 is 0. The van der Waals surface area contributed by atoms with E-state index in [1.807, 2.05) is 47.5 Å². The number of methoxy groups -OCH3 is 2. The number of nitrogens with zero attached hydrogens (tertiary/aromatic N) is 3. The fourth-order valence-electron chi connectivity index (χ4n) is 3.62. The van der Waals surface area contributed by atoms with Crippen molar-refractivity contribution < 1.29 is 22.6 Å². The van der Waals surface area contributed by atoms with Crippen LogP contribution in [0.25, 0.3) is 0 Å². The molecule has 0 fully saturated rings. The van der Waals surface area contributed by atoms with E-state index < -0.39 is 10.0 Å². The zero-order valence-corrected chi connectivity index (χ0v) is 19.5. The van der Waals surface area contributed by atoms with Gasteiger partial charge in [-0.25, -0.2) is 17.7 Å². The Morgan fingerprint density at radius 2 is 1.79 bits per heavy atom. The quantitative estimate of drug-likeness (QED) is 0.524. The van der Waals surface area contributed by atoms with E-state index in [0.29, 0.717) is 36.8 Å². The van der Waals surface area contributed by atoms with Crippen molar-refractivity contribution in [3.8, 4) is 5.75 Å². The van der Waals surface area contributed by atoms with Gasteiger partial charge in [0, 0.05) is 19.9 Å². The summed E-state index contributed by atoms with van der Waals surface area (Å²) in [5.74, 6) is 1.20. The molecule has 2 aliphatic rings. The molecule has 9 heteroatoms. The number of aliphatic imine (C=N–C) groups is 1. The minimum absolute atomic E-state index is 0.127. The number of fused-ring (bicyclic) bond motifs is 2. The lowest BCUT2D eigenvalue weighted by molar-refractivity contribution is 0.0757. The molecule has 8 nitrogen and oxygen atoms in total. The van der Waals surface area contributed by atoms with Gasteiger partial charge in [-0.1, -0.05) is 24.3 Å². The highest BCUT2D eigenvalue weighted by Crippen LogP contribution is 2.38. The molecule has 2 heterocycles. The third kappa shape index (κ3) is 4.95. The minimum atomic E-state index is -3.90. The van der Waals surface area contributed by atoms with Gasteiger partial charge in [-0.3, -0.25) is 0 Å². The van der Waals surface area contributed by atoms with Crippen LogP contribution in [0.4, 0.5) is 11.4 Å². The molecule has 2 aromatic rings. The molecule has 0 aliphatic carbocycles. The van der Waals surface area contributed by atoms with Crippen LogP contribution in [0, 0.1) is 0 Å². The SMILES string of the molecule is COCCOCN1c2ccccc2N=C2C(=CC=CN2CCc2ccc(OC)cc2)S1(=O)=O. The van der Waals surface area contributed by atoms with Crippen molar-refractivity contribution in [1.29, 1.82) is 0 Å². The van der Waals surface area contributed by atoms with Crippen molar-refractivity contribution in [3.05, 3.63) is 77.4 Å². The van der Waals surface area contributed by atoms with Crippen LogP contribution < -0.4 is 9.04 Å². The van der Waals surface area contributed by atoms with Crippen molar-refractivity contribution in [1.82, 2.24) is 4.90 Å². The van der Waals surface area contributed by atoms with Crippen molar-refractivity contribution in [2.24, 2.45) is 4.99 Å². The standard InChI is InChI=1S/C24H27N3O5S/c1-30-16-17-32-18-27-22-7-4-3-6-21(22)25-24-23(33(27,28)29)8-5-14-26(24)15-13-19-9-11-20(31-2)12-10-19/h3-12,14H,13,15-18H2,1-2H3. The van der Waals surface area contributed by atoms with Crippen LogP contribution in [-0.2, 0) is 25.9 Å². The molecule has 0 amide bonds. The van der Waals surface area contributed by atoms with E-state index in [-0.39, 0.29) is 18.2 Å². The Morgan fingerprint density at radius 3 is 2.55 bits per heavy atom. The number of hydrogen-bond donors (Lipinski definition) is 0. The van der Waals surface area contributed by atoms with E-state index >= 15 is 0 Å². The van der Waals surface area contributed by atoms with Gasteiger partial charge in [-0.15, -0.1) is 0 Å². The zero-order chi connectivity index (χ0) is 23.3. The molecule has 0 saturated heterocycles. The predicted molar refractivity (Wildman–Crippen MR) is 128 cm³/mol. The van der Waals surface area contributed by atoms with Crippen molar-refractivity contribution in [2.75, 3.05) is 45.0 Å². The molecule has 0 atom stereocenters. The van der Waals surface area contributed by atoms with Crippen LogP contribution in [-0.4, -0.2) is 59.9 Å². The number of hydrogen-bond acceptors (Lipinski definition) is 7. The fourth-order valence-corrected chi connectivity index (χ4v) is 5.13. The zero-order valence-electron chi connectivity index (χ0n) is 18.7. The van der Waals surface area contributed by atoms with Gasteiger partial charge in [0.1, 0.15) is 17.4 Å². The van der Waals surface area contributed by atoms with E-state index in [1.54, 1.807) is 38.5 Å². The summed E-state index contributed by atoms with van der Waals surface area (Å²) in [7, 11) is -0.693. The Bertz CT molecular complexity index is 1170. The number of amidine groups is 1. The summed E-state index contributed by atoms with van der Waals surface area (Å²) in [6.45, 7) is 1.10. The number of sulfonamides is 1. The second-order valence-corrected chi connectivity index (χ2v) is 9.30. The highest BCUT2D eigenvalue weighted by molar-refractivity contribution is 7.97. The lowest BCUT2D eigenvalue weighted by Gasteiger charge is -2.28. The van der Waals surface area contributed by atoms with Gasteiger partial charge >= 0.3 is 0 Å². The number of benzene rings is 2. The van der Waals surface area contributed by atoms with E-state index in [4.69, 9.17) is 19.2 Å². The summed E-state index contributed by atoms with van der Waals surface area (Å²) < 4.78 is 44.4. The first-order chi connectivity index (χ1) is 16.0. The molecule has 0 spiro atoms. The Labute approximate surface area is 194 Å². The van der Waals surface area contributed by atoms with Gasteiger partial charge in [0.05, 0.1) is 31.7 Å². The third-order valence-corrected chi connectivity index (χ3v) is 7.15. The van der Waals surface area contributed by atoms with Gasteiger partial charge in [0.2, 0.25) is 0 Å². The largest absolute Gasteiger partial charge is 0.497 e. The van der Waals surface area contributed by atoms with Crippen molar-refractivity contribution in [3.63, 3.8) is 0 Å². The maximum Gasteiger partial charge on any atom is 0.270 e. The summed E-state index contributed by atoms with van der Waals surface area (Å²) in [5, 5.41) is 0. The molecule has 174 valence electrons. The van der Waals surface area contributed by atoms with Gasteiger partial charge in [0.25, 0.3) is 10.0 Å². The first-order valence-corrected chi connectivity index (χ1v) is 12.0. The maximum atomic E-state index is 13.7. The molecule has 0 bridgehead atoms. The minimum Gasteiger partial charge on any atom is -0.497 e. The number of para-hydroxylation sites is 2. The molecule has 33 heavy (non-hydrogen) atoms. The Balaban J connectivity index is 1.62. The third-order valence-electron chi connectivity index (χ3n) is 5.39. The second-order valence-electron chi connectivity index (χ2n) is 7.47. The van der Waals surface area contributed by atoms with E-state index in [0.717, 1.165) is 11.3 Å². The van der Waals surface area contributed by atoms with Crippen molar-refractivity contribution in [2.45, 2.75) is 6.42 Å². The predicted octanol–water partition coefficient (Wildman–Crippen LogP) is 3.45. The molecule has 0 saturated carbocycles. The Morgan fingerprint density at radius 1 is 1.00 bits per heavy atom. The molecular formula is C24H27N3O5S. The molecule has 0 N–H and O–H groups in total. The first kappa shape index (κ1) is 23.0. The molecule has 0 radical (unpaired) electrons. The van der Waals surface area contributed by atoms with Crippen LogP contribution in [0.2, 0.25) is 0 Å². The highest BCUT2D eigenvalue weighted by atomic mass is 32.2. The number of ether oxygens (including phenoxy) is 3. The van der Waals surface area contributed by atoms with Gasteiger partial charge in [-0.05, 0) is 48.4 Å². The second kappa shape index (κ2) is 10.2. The van der Waals surface area contributed by atoms with Crippen molar-refractivity contribution >= 4 is 27.2 Å². The van der Waals surface area contributed by atoms with Crippen LogP contribution in [0.3, 0.4) is 0 Å². The lowest BCUT2D eigenvalue weighted by atomic mass is 10.1. The normalized spacial score (nSPS) is 16.4. The summed E-state index contributed by atoms with van der Waals surface area (Å²) in [4.78, 5) is 6.80. The average molecular weight is 470 g/mol. The highest BCUT2D eigenvalue weighted by Gasteiger charge is 2.37. The summed E-state index contributed by atoms with van der Waals surface area (Å²) in [5.41, 5.74) is 2.17. The number of allylic oxidation sites excluding steroid dienone is 2. The molecule has 2 aromatic carbocycles. The number of rotatable bonds is 9. The average Bonchev–Trinajstić information content (AvgIpc) is 2.93. The Kier molecular flexibility index (Phi) is 7.12. The number of anilines is 1. The van der Waals surface area contributed by atoms with Crippen LogP contribution in [0.5, 0.6) is 5.75 Å². The molecule has 0 aromatic heterocycles. The van der Waals surface area contributed by atoms with Gasteiger partial charge < -0.3 is 19.1 Å². The van der Waals surface area contributed by atoms with Gasteiger partial charge in [-0.2, -0.15) is 0 Å². The summed E-state index contributed by atoms with van der Waals surface area (Å²) in [6.07, 6.45) is 5.90. The van der Waals surface area contributed by atoms with E-state index in [9.17, 15) is 8.42 Å². The molecular weight excluding hydrogens is 442 g/mol. The summed E-state index contributed by atoms with van der Waals surface area (Å²) in [6, 6.07) is 15.0. The molecule has 0 unspecified atom stereocenters. The fraction of sp³-hybridized carbons (Fsp3) is 0.292. The molecule has 4 rings (SSSR count). The maximum absolute atomic E-state index is 13.7. The van der Waals surface area contributed by atoms with E-state index in [2.05, 4.69) is 0 Å². The van der Waals surface area contributed by atoms with Crippen LogP contribution >= 0.6 is 0 Å². The lowest BCUT2D eigenvalue weighted by Crippen LogP contribution is -2.40. The smallest absolute Gasteiger partial charge is 0.270 e. The Hall–Kier alpha value is -3.14. The first-order valence-electron chi connectivity index (χ1n) is 10.6.